The predicted molar refractivity (Wildman–Crippen MR) is 134 cm³/mol. The molecule has 9 heteroatoms. The van der Waals surface area contributed by atoms with Crippen LogP contribution in [0.25, 0.3) is 22.2 Å². The fraction of sp³-hybridized carbons (Fsp3) is 0.160. The molecular weight excluding hydrogens is 428 g/mol. The van der Waals surface area contributed by atoms with Crippen LogP contribution in [-0.4, -0.2) is 56.9 Å². The Morgan fingerprint density at radius 1 is 1.09 bits per heavy atom. The lowest BCUT2D eigenvalue weighted by molar-refractivity contribution is -0.111. The second-order valence-electron chi connectivity index (χ2n) is 8.18. The third-order valence-electron chi connectivity index (χ3n) is 5.54. The van der Waals surface area contributed by atoms with E-state index >= 15 is 0 Å². The number of nitrogens with one attached hydrogen (secondary N) is 3. The zero-order valence-corrected chi connectivity index (χ0v) is 18.7. The van der Waals surface area contributed by atoms with E-state index in [0.717, 1.165) is 41.1 Å². The first kappa shape index (κ1) is 21.5. The van der Waals surface area contributed by atoms with E-state index in [1.807, 2.05) is 30.3 Å². The van der Waals surface area contributed by atoms with Gasteiger partial charge in [0.05, 0.1) is 29.1 Å². The van der Waals surface area contributed by atoms with Gasteiger partial charge in [-0.25, -0.2) is 15.0 Å². The molecule has 1 aliphatic heterocycles. The molecule has 1 amide bonds. The number of nitrogens with zero attached hydrogens (tertiary/aromatic N) is 5. The molecule has 0 aliphatic carbocycles. The SMILES string of the molecule is C=CC(=O)Nc1ccnc(-c2cccc3cnc(Nc4ccc(NC5CN(C)C5)nc4)nc23)c1. The zero-order chi connectivity index (χ0) is 23.5. The molecule has 0 bridgehead atoms. The highest BCUT2D eigenvalue weighted by molar-refractivity contribution is 5.99. The molecule has 0 radical (unpaired) electrons. The van der Waals surface area contributed by atoms with Gasteiger partial charge >= 0.3 is 0 Å². The smallest absolute Gasteiger partial charge is 0.247 e. The Morgan fingerprint density at radius 3 is 2.74 bits per heavy atom. The Hall–Kier alpha value is -4.37. The molecule has 0 unspecified atom stereocenters. The predicted octanol–water partition coefficient (Wildman–Crippen LogP) is 3.68. The van der Waals surface area contributed by atoms with E-state index in [1.54, 1.807) is 30.7 Å². The van der Waals surface area contributed by atoms with Crippen LogP contribution in [-0.2, 0) is 4.79 Å². The number of anilines is 4. The number of likely N-dealkylation sites (N-methyl/N-ethyl adjacent to an activating group) is 1. The average Bonchev–Trinajstić information content (AvgIpc) is 2.84. The van der Waals surface area contributed by atoms with Gasteiger partial charge in [-0.15, -0.1) is 0 Å². The fourth-order valence-electron chi connectivity index (χ4n) is 3.85. The number of para-hydroxylation sites is 1. The largest absolute Gasteiger partial charge is 0.365 e. The maximum atomic E-state index is 11.7. The van der Waals surface area contributed by atoms with Gasteiger partial charge in [0.2, 0.25) is 11.9 Å². The van der Waals surface area contributed by atoms with Gasteiger partial charge in [0.15, 0.2) is 0 Å². The first-order chi connectivity index (χ1) is 16.6. The fourth-order valence-corrected chi connectivity index (χ4v) is 3.85. The summed E-state index contributed by atoms with van der Waals surface area (Å²) in [5, 5.41) is 10.3. The van der Waals surface area contributed by atoms with Gasteiger partial charge in [0.25, 0.3) is 0 Å². The summed E-state index contributed by atoms with van der Waals surface area (Å²) in [6.07, 6.45) is 6.41. The normalized spacial score (nSPS) is 13.8. The van der Waals surface area contributed by atoms with Crippen LogP contribution in [0.4, 0.5) is 23.1 Å². The quantitative estimate of drug-likeness (QED) is 0.365. The number of hydrogen-bond acceptors (Lipinski definition) is 8. The van der Waals surface area contributed by atoms with Crippen molar-refractivity contribution in [3.05, 3.63) is 73.7 Å². The van der Waals surface area contributed by atoms with Crippen LogP contribution in [0.5, 0.6) is 0 Å². The number of rotatable bonds is 7. The molecule has 0 saturated carbocycles. The number of hydrogen-bond donors (Lipinski definition) is 3. The molecule has 1 saturated heterocycles. The number of carbonyl (C=O) groups excluding carboxylic acids is 1. The zero-order valence-electron chi connectivity index (χ0n) is 18.7. The standard InChI is InChI=1S/C25H24N8O/c1-3-23(34)30-17-9-10-26-21(11-17)20-6-4-5-16-12-28-25(32-24(16)20)31-18-7-8-22(27-13-18)29-19-14-33(2)15-19/h3-13,19H,1,14-15H2,2H3,(H,27,29)(H,26,30,34)(H,28,31,32). The average molecular weight is 453 g/mol. The lowest BCUT2D eigenvalue weighted by Gasteiger charge is -2.36. The van der Waals surface area contributed by atoms with Crippen molar-refractivity contribution in [3.63, 3.8) is 0 Å². The number of likely N-dealkylation sites (tertiary alicyclic amines) is 1. The van der Waals surface area contributed by atoms with Gasteiger partial charge in [-0.2, -0.15) is 0 Å². The van der Waals surface area contributed by atoms with E-state index in [9.17, 15) is 4.79 Å². The van der Waals surface area contributed by atoms with Crippen LogP contribution >= 0.6 is 0 Å². The Morgan fingerprint density at radius 2 is 1.97 bits per heavy atom. The van der Waals surface area contributed by atoms with E-state index in [1.165, 1.54) is 6.08 Å². The highest BCUT2D eigenvalue weighted by Crippen LogP contribution is 2.28. The van der Waals surface area contributed by atoms with Gasteiger partial charge in [0.1, 0.15) is 5.82 Å². The van der Waals surface area contributed by atoms with Gasteiger partial charge in [-0.3, -0.25) is 9.78 Å². The van der Waals surface area contributed by atoms with Crippen molar-refractivity contribution in [1.29, 1.82) is 0 Å². The third kappa shape index (κ3) is 4.69. The molecule has 0 spiro atoms. The molecule has 3 aromatic heterocycles. The molecule has 4 heterocycles. The summed E-state index contributed by atoms with van der Waals surface area (Å²) >= 11 is 0. The topological polar surface area (TPSA) is 108 Å². The van der Waals surface area contributed by atoms with Crippen molar-refractivity contribution in [1.82, 2.24) is 24.8 Å². The van der Waals surface area contributed by atoms with Crippen molar-refractivity contribution in [2.24, 2.45) is 0 Å². The summed E-state index contributed by atoms with van der Waals surface area (Å²) < 4.78 is 0. The summed E-state index contributed by atoms with van der Waals surface area (Å²) in [4.78, 5) is 32.1. The molecule has 4 aromatic rings. The van der Waals surface area contributed by atoms with Crippen LogP contribution in [0.15, 0.2) is 73.7 Å². The van der Waals surface area contributed by atoms with Crippen LogP contribution in [0.1, 0.15) is 0 Å². The minimum Gasteiger partial charge on any atom is -0.365 e. The molecule has 3 N–H and O–H groups in total. The molecule has 1 fully saturated rings. The summed E-state index contributed by atoms with van der Waals surface area (Å²) in [7, 11) is 2.10. The number of pyridine rings is 2. The van der Waals surface area contributed by atoms with Crippen molar-refractivity contribution in [2.45, 2.75) is 6.04 Å². The maximum Gasteiger partial charge on any atom is 0.247 e. The Kier molecular flexibility index (Phi) is 5.84. The number of benzene rings is 1. The van der Waals surface area contributed by atoms with Crippen molar-refractivity contribution < 1.29 is 4.79 Å². The van der Waals surface area contributed by atoms with Crippen LogP contribution in [0.3, 0.4) is 0 Å². The Balaban J connectivity index is 1.38. The van der Waals surface area contributed by atoms with Gasteiger partial charge < -0.3 is 20.9 Å². The minimum absolute atomic E-state index is 0.279. The highest BCUT2D eigenvalue weighted by atomic mass is 16.1. The second kappa shape index (κ2) is 9.24. The lowest BCUT2D eigenvalue weighted by Crippen LogP contribution is -2.52. The first-order valence-corrected chi connectivity index (χ1v) is 10.9. The molecule has 5 rings (SSSR count). The number of amides is 1. The van der Waals surface area contributed by atoms with Crippen molar-refractivity contribution in [3.8, 4) is 11.3 Å². The van der Waals surface area contributed by atoms with Crippen LogP contribution in [0.2, 0.25) is 0 Å². The van der Waals surface area contributed by atoms with E-state index in [4.69, 9.17) is 4.98 Å². The minimum atomic E-state index is -0.279. The van der Waals surface area contributed by atoms with Gasteiger partial charge in [-0.1, -0.05) is 24.8 Å². The summed E-state index contributed by atoms with van der Waals surface area (Å²) in [5.74, 6) is 1.03. The molecule has 1 aliphatic rings. The number of aromatic nitrogens is 4. The van der Waals surface area contributed by atoms with E-state index < -0.39 is 0 Å². The Bertz CT molecular complexity index is 1350. The van der Waals surface area contributed by atoms with Crippen molar-refractivity contribution in [2.75, 3.05) is 36.1 Å². The summed E-state index contributed by atoms with van der Waals surface area (Å²) in [6, 6.07) is 13.7. The molecule has 9 nitrogen and oxygen atoms in total. The molecule has 0 atom stereocenters. The van der Waals surface area contributed by atoms with E-state index in [0.29, 0.717) is 23.4 Å². The van der Waals surface area contributed by atoms with E-state index in [-0.39, 0.29) is 5.91 Å². The van der Waals surface area contributed by atoms with Gasteiger partial charge in [-0.05, 0) is 37.4 Å². The Labute approximate surface area is 197 Å². The monoisotopic (exact) mass is 452 g/mol. The molecular formula is C25H24N8O. The summed E-state index contributed by atoms with van der Waals surface area (Å²) in [5.41, 5.74) is 3.70. The summed E-state index contributed by atoms with van der Waals surface area (Å²) in [6.45, 7) is 5.53. The first-order valence-electron chi connectivity index (χ1n) is 10.9. The van der Waals surface area contributed by atoms with Crippen LogP contribution < -0.4 is 16.0 Å². The second-order valence-corrected chi connectivity index (χ2v) is 8.18. The van der Waals surface area contributed by atoms with Crippen LogP contribution in [0, 0.1) is 0 Å². The van der Waals surface area contributed by atoms with E-state index in [2.05, 4.69) is 49.4 Å². The van der Waals surface area contributed by atoms with Gasteiger partial charge in [0, 0.05) is 42.1 Å². The third-order valence-corrected chi connectivity index (χ3v) is 5.54. The molecule has 170 valence electrons. The lowest BCUT2D eigenvalue weighted by atomic mass is 10.1. The van der Waals surface area contributed by atoms with Crippen molar-refractivity contribution >= 4 is 40.0 Å². The maximum absolute atomic E-state index is 11.7. The highest BCUT2D eigenvalue weighted by Gasteiger charge is 2.22. The molecule has 34 heavy (non-hydrogen) atoms. The number of fused-ring (bicyclic) bond motifs is 1. The number of carbonyl (C=O) groups is 1. The molecule has 1 aromatic carbocycles.